The molecule has 0 fully saturated rings. The van der Waals surface area contributed by atoms with Gasteiger partial charge in [-0.15, -0.1) is 0 Å². The number of aromatic nitrogens is 2. The molecule has 2 aromatic rings. The average Bonchev–Trinajstić information content (AvgIpc) is 2.69. The molecule has 0 aliphatic rings. The van der Waals surface area contributed by atoms with Gasteiger partial charge in [0.15, 0.2) is 9.84 Å². The highest BCUT2D eigenvalue weighted by molar-refractivity contribution is 7.89. The van der Waals surface area contributed by atoms with Crippen LogP contribution in [-0.4, -0.2) is 24.5 Å². The number of hydrogen-bond acceptors (Lipinski definition) is 3. The molecule has 1 aromatic heterocycles. The predicted molar refractivity (Wildman–Crippen MR) is 62.1 cm³/mol. The van der Waals surface area contributed by atoms with Crippen LogP contribution >= 0.6 is 0 Å². The second-order valence-corrected chi connectivity index (χ2v) is 5.83. The van der Waals surface area contributed by atoms with Crippen molar-refractivity contribution in [2.75, 3.05) is 6.26 Å². The molecule has 0 bridgehead atoms. The van der Waals surface area contributed by atoms with Crippen molar-refractivity contribution < 1.29 is 8.42 Å². The van der Waals surface area contributed by atoms with E-state index in [1.54, 1.807) is 23.0 Å². The van der Waals surface area contributed by atoms with Crippen molar-refractivity contribution >= 4 is 9.84 Å². The molecule has 4 nitrogen and oxygen atoms in total. The number of sulfone groups is 1. The van der Waals surface area contributed by atoms with Crippen LogP contribution in [0.1, 0.15) is 5.56 Å². The zero-order chi connectivity index (χ0) is 11.6. The largest absolute Gasteiger partial charge is 0.241 e. The fourth-order valence-electron chi connectivity index (χ4n) is 1.47. The summed E-state index contributed by atoms with van der Waals surface area (Å²) in [6, 6.07) is 9.15. The van der Waals surface area contributed by atoms with Crippen LogP contribution in [-0.2, 0) is 15.6 Å². The molecule has 1 aromatic carbocycles. The van der Waals surface area contributed by atoms with Gasteiger partial charge < -0.3 is 0 Å². The Labute approximate surface area is 94.5 Å². The maximum absolute atomic E-state index is 11.1. The molecule has 0 N–H and O–H groups in total. The lowest BCUT2D eigenvalue weighted by atomic mass is 10.2. The first-order chi connectivity index (χ1) is 7.54. The Hall–Kier alpha value is -1.62. The van der Waals surface area contributed by atoms with E-state index < -0.39 is 9.84 Å². The van der Waals surface area contributed by atoms with E-state index in [9.17, 15) is 8.42 Å². The van der Waals surface area contributed by atoms with Crippen LogP contribution in [0.2, 0.25) is 0 Å². The van der Waals surface area contributed by atoms with Gasteiger partial charge >= 0.3 is 0 Å². The third-order valence-electron chi connectivity index (χ3n) is 2.13. The number of benzene rings is 1. The maximum Gasteiger partial charge on any atom is 0.151 e. The van der Waals surface area contributed by atoms with Crippen LogP contribution in [0.25, 0.3) is 5.69 Å². The number of hydrogen-bond donors (Lipinski definition) is 0. The standard InChI is InChI=1S/C11H12N2O2S/c1-16(14,15)9-10-3-5-11(6-4-10)13-8-2-7-12-13/h2-8H,9H2,1H3. The van der Waals surface area contributed by atoms with E-state index in [0.29, 0.717) is 0 Å². The molecule has 0 atom stereocenters. The Morgan fingerprint density at radius 2 is 1.94 bits per heavy atom. The van der Waals surface area contributed by atoms with Crippen LogP contribution in [0.4, 0.5) is 0 Å². The summed E-state index contributed by atoms with van der Waals surface area (Å²) in [5.41, 5.74) is 1.71. The van der Waals surface area contributed by atoms with Crippen molar-refractivity contribution in [1.82, 2.24) is 9.78 Å². The Bertz CT molecular complexity index is 557. The van der Waals surface area contributed by atoms with Crippen LogP contribution < -0.4 is 0 Å². The average molecular weight is 236 g/mol. The molecule has 0 radical (unpaired) electrons. The van der Waals surface area contributed by atoms with Crippen molar-refractivity contribution in [1.29, 1.82) is 0 Å². The number of nitrogens with zero attached hydrogens (tertiary/aromatic N) is 2. The van der Waals surface area contributed by atoms with Gasteiger partial charge in [-0.25, -0.2) is 13.1 Å². The maximum atomic E-state index is 11.1. The summed E-state index contributed by atoms with van der Waals surface area (Å²) in [5, 5.41) is 4.09. The van der Waals surface area contributed by atoms with E-state index in [2.05, 4.69) is 5.10 Å². The summed E-state index contributed by atoms with van der Waals surface area (Å²) in [6.07, 6.45) is 4.77. The van der Waals surface area contributed by atoms with E-state index in [0.717, 1.165) is 11.3 Å². The molecule has 0 aliphatic carbocycles. The van der Waals surface area contributed by atoms with Gasteiger partial charge in [0.05, 0.1) is 11.4 Å². The van der Waals surface area contributed by atoms with Gasteiger partial charge in [-0.05, 0) is 23.8 Å². The van der Waals surface area contributed by atoms with Crippen molar-refractivity contribution in [2.24, 2.45) is 0 Å². The van der Waals surface area contributed by atoms with Gasteiger partial charge in [0.1, 0.15) is 0 Å². The lowest BCUT2D eigenvalue weighted by molar-refractivity contribution is 0.601. The Kier molecular flexibility index (Phi) is 2.78. The monoisotopic (exact) mass is 236 g/mol. The number of rotatable bonds is 3. The van der Waals surface area contributed by atoms with E-state index >= 15 is 0 Å². The molecular weight excluding hydrogens is 224 g/mol. The van der Waals surface area contributed by atoms with Crippen LogP contribution in [0.3, 0.4) is 0 Å². The Balaban J connectivity index is 2.24. The first-order valence-corrected chi connectivity index (χ1v) is 6.87. The third kappa shape index (κ3) is 2.70. The summed E-state index contributed by atoms with van der Waals surface area (Å²) in [6.45, 7) is 0. The third-order valence-corrected chi connectivity index (χ3v) is 2.99. The van der Waals surface area contributed by atoms with E-state index in [1.165, 1.54) is 6.26 Å². The van der Waals surface area contributed by atoms with Gasteiger partial charge in [0.2, 0.25) is 0 Å². The lowest BCUT2D eigenvalue weighted by Crippen LogP contribution is -2.01. The van der Waals surface area contributed by atoms with Crippen molar-refractivity contribution in [2.45, 2.75) is 5.75 Å². The summed E-state index contributed by atoms with van der Waals surface area (Å²) in [5.74, 6) is 0.0758. The van der Waals surface area contributed by atoms with E-state index in [-0.39, 0.29) is 5.75 Å². The second-order valence-electron chi connectivity index (χ2n) is 3.69. The van der Waals surface area contributed by atoms with Crippen molar-refractivity contribution in [3.8, 4) is 5.69 Å². The first-order valence-electron chi connectivity index (χ1n) is 4.81. The molecule has 0 saturated carbocycles. The van der Waals surface area contributed by atoms with Crippen molar-refractivity contribution in [3.05, 3.63) is 48.3 Å². The molecule has 5 heteroatoms. The lowest BCUT2D eigenvalue weighted by Gasteiger charge is -2.03. The molecule has 16 heavy (non-hydrogen) atoms. The highest BCUT2D eigenvalue weighted by atomic mass is 32.2. The fourth-order valence-corrected chi connectivity index (χ4v) is 2.27. The Morgan fingerprint density at radius 1 is 1.25 bits per heavy atom. The summed E-state index contributed by atoms with van der Waals surface area (Å²) in [7, 11) is -2.97. The fraction of sp³-hybridized carbons (Fsp3) is 0.182. The SMILES string of the molecule is CS(=O)(=O)Cc1ccc(-n2cccn2)cc1. The van der Waals surface area contributed by atoms with Crippen LogP contribution in [0.5, 0.6) is 0 Å². The quantitative estimate of drug-likeness (QED) is 0.809. The van der Waals surface area contributed by atoms with Gasteiger partial charge in [0.25, 0.3) is 0 Å². The van der Waals surface area contributed by atoms with Gasteiger partial charge in [-0.2, -0.15) is 5.10 Å². The minimum absolute atomic E-state index is 0.0758. The zero-order valence-electron chi connectivity index (χ0n) is 8.87. The van der Waals surface area contributed by atoms with Crippen LogP contribution in [0, 0.1) is 0 Å². The zero-order valence-corrected chi connectivity index (χ0v) is 9.68. The summed E-state index contributed by atoms with van der Waals surface area (Å²) < 4.78 is 23.9. The summed E-state index contributed by atoms with van der Waals surface area (Å²) in [4.78, 5) is 0. The molecule has 0 saturated heterocycles. The molecule has 0 amide bonds. The second kappa shape index (κ2) is 4.09. The van der Waals surface area contributed by atoms with E-state index in [4.69, 9.17) is 0 Å². The molecular formula is C11H12N2O2S. The molecule has 2 rings (SSSR count). The smallest absolute Gasteiger partial charge is 0.151 e. The van der Waals surface area contributed by atoms with Gasteiger partial charge in [-0.3, -0.25) is 0 Å². The van der Waals surface area contributed by atoms with Crippen molar-refractivity contribution in [3.63, 3.8) is 0 Å². The van der Waals surface area contributed by atoms with E-state index in [1.807, 2.05) is 24.4 Å². The summed E-state index contributed by atoms with van der Waals surface area (Å²) >= 11 is 0. The Morgan fingerprint density at radius 3 is 2.44 bits per heavy atom. The van der Waals surface area contributed by atoms with Gasteiger partial charge in [-0.1, -0.05) is 12.1 Å². The predicted octanol–water partition coefficient (Wildman–Crippen LogP) is 1.42. The minimum Gasteiger partial charge on any atom is -0.241 e. The highest BCUT2D eigenvalue weighted by Gasteiger charge is 2.04. The topological polar surface area (TPSA) is 52.0 Å². The minimum atomic E-state index is -2.97. The van der Waals surface area contributed by atoms with Crippen LogP contribution in [0.15, 0.2) is 42.7 Å². The normalized spacial score (nSPS) is 11.6. The molecule has 0 unspecified atom stereocenters. The molecule has 0 aliphatic heterocycles. The molecule has 84 valence electrons. The van der Waals surface area contributed by atoms with Gasteiger partial charge in [0, 0.05) is 18.6 Å². The highest BCUT2D eigenvalue weighted by Crippen LogP contribution is 2.10. The molecule has 0 spiro atoms. The molecule has 1 heterocycles. The first kappa shape index (κ1) is 10.9.